The predicted octanol–water partition coefficient (Wildman–Crippen LogP) is 0.372. The summed E-state index contributed by atoms with van der Waals surface area (Å²) in [6.45, 7) is 4.77. The van der Waals surface area contributed by atoms with Crippen LogP contribution in [0, 0.1) is 3.57 Å². The molecule has 1 aromatic carbocycles. The average Bonchev–Trinajstić information content (AvgIpc) is 2.48. The average molecular weight is 392 g/mol. The van der Waals surface area contributed by atoms with Gasteiger partial charge in [-0.3, -0.25) is 0 Å². The van der Waals surface area contributed by atoms with E-state index in [1.165, 1.54) is 4.90 Å². The van der Waals surface area contributed by atoms with E-state index >= 15 is 0 Å². The Balaban J connectivity index is 1.85. The maximum absolute atomic E-state index is 12.0. The van der Waals surface area contributed by atoms with Crippen molar-refractivity contribution in [1.29, 1.82) is 0 Å². The van der Waals surface area contributed by atoms with Crippen LogP contribution < -0.4 is 9.64 Å². The van der Waals surface area contributed by atoms with Crippen LogP contribution in [-0.4, -0.2) is 52.5 Å². The molecule has 5 nitrogen and oxygen atoms in total. The van der Waals surface area contributed by atoms with Gasteiger partial charge in [0.1, 0.15) is 37.6 Å². The highest BCUT2D eigenvalue weighted by Gasteiger charge is 2.17. The van der Waals surface area contributed by atoms with Crippen LogP contribution in [0.25, 0.3) is 0 Å². The van der Waals surface area contributed by atoms with Crippen molar-refractivity contribution in [3.8, 4) is 5.75 Å². The Labute approximate surface area is 132 Å². The molecule has 1 aliphatic rings. The first-order valence-electron chi connectivity index (χ1n) is 6.62. The van der Waals surface area contributed by atoms with Crippen LogP contribution in [0.4, 0.5) is 0 Å². The maximum atomic E-state index is 12.0. The van der Waals surface area contributed by atoms with Gasteiger partial charge in [-0.25, -0.2) is 4.79 Å². The van der Waals surface area contributed by atoms with Gasteiger partial charge in [0.25, 0.3) is 0 Å². The fourth-order valence-electron chi connectivity index (χ4n) is 2.11. The molecule has 2 rings (SSSR count). The standard InChI is InChI=1S/C14H18INO4/c1-18-13-10-11(15)2-3-12(13)14(17)20-9-6-16-4-7-19-8-5-16/h2-3,10H,4-9H2,1H3/p+1. The molecule has 1 N–H and O–H groups in total. The number of carbonyl (C=O) groups excluding carboxylic acids is 1. The second kappa shape index (κ2) is 7.80. The maximum Gasteiger partial charge on any atom is 0.342 e. The van der Waals surface area contributed by atoms with Crippen LogP contribution in [0.15, 0.2) is 18.2 Å². The van der Waals surface area contributed by atoms with Gasteiger partial charge < -0.3 is 19.1 Å². The van der Waals surface area contributed by atoms with Crippen LogP contribution in [0.3, 0.4) is 0 Å². The molecule has 110 valence electrons. The van der Waals surface area contributed by atoms with Gasteiger partial charge in [-0.1, -0.05) is 0 Å². The van der Waals surface area contributed by atoms with Crippen molar-refractivity contribution in [1.82, 2.24) is 0 Å². The fourth-order valence-corrected chi connectivity index (χ4v) is 2.57. The third kappa shape index (κ3) is 4.32. The number of benzene rings is 1. The van der Waals surface area contributed by atoms with Gasteiger partial charge in [-0.05, 0) is 40.8 Å². The zero-order valence-electron chi connectivity index (χ0n) is 11.5. The molecule has 0 unspecified atom stereocenters. The molecular weight excluding hydrogens is 373 g/mol. The molecule has 0 atom stereocenters. The van der Waals surface area contributed by atoms with Crippen molar-refractivity contribution in [2.75, 3.05) is 46.6 Å². The Kier molecular flexibility index (Phi) is 6.06. The van der Waals surface area contributed by atoms with Gasteiger partial charge in [-0.15, -0.1) is 0 Å². The number of quaternary nitrogens is 1. The van der Waals surface area contributed by atoms with E-state index in [-0.39, 0.29) is 5.97 Å². The lowest BCUT2D eigenvalue weighted by atomic mass is 10.2. The Morgan fingerprint density at radius 1 is 1.40 bits per heavy atom. The summed E-state index contributed by atoms with van der Waals surface area (Å²) in [6.07, 6.45) is 0. The molecule has 0 radical (unpaired) electrons. The number of nitrogens with one attached hydrogen (secondary N) is 1. The van der Waals surface area contributed by atoms with Crippen molar-refractivity contribution in [3.05, 3.63) is 27.3 Å². The van der Waals surface area contributed by atoms with Crippen molar-refractivity contribution < 1.29 is 23.9 Å². The number of hydrogen-bond donors (Lipinski definition) is 1. The molecule has 0 spiro atoms. The normalized spacial score (nSPS) is 15.9. The van der Waals surface area contributed by atoms with E-state index in [2.05, 4.69) is 22.6 Å². The summed E-state index contributed by atoms with van der Waals surface area (Å²) in [5.74, 6) is 0.228. The number of morpholine rings is 1. The minimum absolute atomic E-state index is 0.328. The zero-order chi connectivity index (χ0) is 14.4. The first-order valence-corrected chi connectivity index (χ1v) is 7.70. The monoisotopic (exact) mass is 392 g/mol. The summed E-state index contributed by atoms with van der Waals surface area (Å²) >= 11 is 2.18. The lowest BCUT2D eigenvalue weighted by Gasteiger charge is -2.23. The number of hydrogen-bond acceptors (Lipinski definition) is 4. The van der Waals surface area contributed by atoms with Gasteiger partial charge in [-0.2, -0.15) is 0 Å². The summed E-state index contributed by atoms with van der Waals surface area (Å²) < 4.78 is 16.9. The first-order chi connectivity index (χ1) is 9.70. The fraction of sp³-hybridized carbons (Fsp3) is 0.500. The van der Waals surface area contributed by atoms with E-state index in [1.54, 1.807) is 13.2 Å². The number of methoxy groups -OCH3 is 1. The van der Waals surface area contributed by atoms with Crippen LogP contribution in [-0.2, 0) is 9.47 Å². The van der Waals surface area contributed by atoms with Crippen molar-refractivity contribution in [2.45, 2.75) is 0 Å². The molecule has 0 aromatic heterocycles. The van der Waals surface area contributed by atoms with E-state index in [4.69, 9.17) is 14.2 Å². The molecule has 20 heavy (non-hydrogen) atoms. The minimum Gasteiger partial charge on any atom is -0.496 e. The second-order valence-corrected chi connectivity index (χ2v) is 5.84. The zero-order valence-corrected chi connectivity index (χ0v) is 13.6. The lowest BCUT2D eigenvalue weighted by Crippen LogP contribution is -3.14. The van der Waals surface area contributed by atoms with Gasteiger partial charge in [0.2, 0.25) is 0 Å². The van der Waals surface area contributed by atoms with Crippen LogP contribution in [0.5, 0.6) is 5.75 Å². The number of esters is 1. The highest BCUT2D eigenvalue weighted by atomic mass is 127. The van der Waals surface area contributed by atoms with Gasteiger partial charge in [0.15, 0.2) is 0 Å². The minimum atomic E-state index is -0.328. The lowest BCUT2D eigenvalue weighted by molar-refractivity contribution is -0.908. The molecule has 6 heteroatoms. The Bertz CT molecular complexity index is 460. The van der Waals surface area contributed by atoms with E-state index < -0.39 is 0 Å². The van der Waals surface area contributed by atoms with Gasteiger partial charge in [0, 0.05) is 3.57 Å². The molecule has 0 aliphatic carbocycles. The molecular formula is C14H19INO4+. The predicted molar refractivity (Wildman–Crippen MR) is 82.4 cm³/mol. The highest BCUT2D eigenvalue weighted by molar-refractivity contribution is 14.1. The summed E-state index contributed by atoms with van der Waals surface area (Å²) in [4.78, 5) is 13.5. The Morgan fingerprint density at radius 3 is 2.85 bits per heavy atom. The van der Waals surface area contributed by atoms with Crippen molar-refractivity contribution >= 4 is 28.6 Å². The molecule has 0 saturated carbocycles. The smallest absolute Gasteiger partial charge is 0.342 e. The van der Waals surface area contributed by atoms with Crippen LogP contribution in [0.2, 0.25) is 0 Å². The Hall–Kier alpha value is -0.860. The SMILES string of the molecule is COc1cc(I)ccc1C(=O)OCC[NH+]1CCOCC1. The molecule has 1 aliphatic heterocycles. The van der Waals surface area contributed by atoms with Gasteiger partial charge in [0.05, 0.1) is 20.3 Å². The summed E-state index contributed by atoms with van der Waals surface area (Å²) in [7, 11) is 1.56. The van der Waals surface area contributed by atoms with Crippen molar-refractivity contribution in [2.24, 2.45) is 0 Å². The molecule has 1 fully saturated rings. The second-order valence-electron chi connectivity index (χ2n) is 4.59. The van der Waals surface area contributed by atoms with E-state index in [0.29, 0.717) is 17.9 Å². The van der Waals surface area contributed by atoms with E-state index in [9.17, 15) is 4.79 Å². The van der Waals surface area contributed by atoms with E-state index in [0.717, 1.165) is 36.4 Å². The summed E-state index contributed by atoms with van der Waals surface area (Å²) in [6, 6.07) is 5.43. The molecule has 1 heterocycles. The topological polar surface area (TPSA) is 49.2 Å². The third-order valence-electron chi connectivity index (χ3n) is 3.27. The van der Waals surface area contributed by atoms with Crippen molar-refractivity contribution in [3.63, 3.8) is 0 Å². The van der Waals surface area contributed by atoms with Gasteiger partial charge >= 0.3 is 5.97 Å². The quantitative estimate of drug-likeness (QED) is 0.582. The van der Waals surface area contributed by atoms with Crippen LogP contribution >= 0.6 is 22.6 Å². The number of carbonyl (C=O) groups is 1. The number of rotatable bonds is 5. The summed E-state index contributed by atoms with van der Waals surface area (Å²) in [5, 5.41) is 0. The molecule has 1 aromatic rings. The van der Waals surface area contributed by atoms with Crippen LogP contribution in [0.1, 0.15) is 10.4 Å². The molecule has 1 saturated heterocycles. The number of halogens is 1. The first kappa shape index (κ1) is 15.5. The molecule has 0 amide bonds. The largest absolute Gasteiger partial charge is 0.496 e. The van der Waals surface area contributed by atoms with E-state index in [1.807, 2.05) is 12.1 Å². The third-order valence-corrected chi connectivity index (χ3v) is 3.94. The highest BCUT2D eigenvalue weighted by Crippen LogP contribution is 2.21. The summed E-state index contributed by atoms with van der Waals surface area (Å²) in [5.41, 5.74) is 0.477. The Morgan fingerprint density at radius 2 is 2.15 bits per heavy atom. The molecule has 0 bridgehead atoms. The number of ether oxygens (including phenoxy) is 3.